The van der Waals surface area contributed by atoms with Gasteiger partial charge in [0.1, 0.15) is 5.75 Å². The van der Waals surface area contributed by atoms with Crippen LogP contribution in [0.15, 0.2) is 22.7 Å². The topological polar surface area (TPSA) is 84.0 Å². The third-order valence-corrected chi connectivity index (χ3v) is 2.47. The van der Waals surface area contributed by atoms with Crippen molar-refractivity contribution in [3.8, 4) is 11.8 Å². The fourth-order valence-corrected chi connectivity index (χ4v) is 1.68. The Bertz CT molecular complexity index is 628. The zero-order valence-electron chi connectivity index (χ0n) is 11.7. The van der Waals surface area contributed by atoms with E-state index in [-0.39, 0.29) is 6.10 Å². The maximum Gasteiger partial charge on any atom is 0.245 e. The Morgan fingerprint density at radius 3 is 2.85 bits per heavy atom. The van der Waals surface area contributed by atoms with Gasteiger partial charge in [-0.25, -0.2) is 0 Å². The summed E-state index contributed by atoms with van der Waals surface area (Å²) in [5.41, 5.74) is 1.29. The number of anilines is 1. The normalized spacial score (nSPS) is 10.3. The summed E-state index contributed by atoms with van der Waals surface area (Å²) in [5.74, 6) is 1.77. The van der Waals surface area contributed by atoms with Gasteiger partial charge in [-0.1, -0.05) is 5.16 Å². The number of nitriles is 1. The molecule has 0 aliphatic heterocycles. The van der Waals surface area contributed by atoms with Crippen LogP contribution in [0.2, 0.25) is 0 Å². The SMILES string of the molecule is Cc1noc(CNc2cc(C#N)ccc2OC(C)C)n1. The molecule has 0 amide bonds. The fraction of sp³-hybridized carbons (Fsp3) is 0.357. The van der Waals surface area contributed by atoms with Crippen molar-refractivity contribution in [3.63, 3.8) is 0 Å². The van der Waals surface area contributed by atoms with E-state index in [0.717, 1.165) is 5.69 Å². The third kappa shape index (κ3) is 3.48. The Hall–Kier alpha value is -2.55. The van der Waals surface area contributed by atoms with Crippen molar-refractivity contribution in [2.24, 2.45) is 0 Å². The highest BCUT2D eigenvalue weighted by Gasteiger charge is 2.09. The molecule has 1 N–H and O–H groups in total. The first-order valence-corrected chi connectivity index (χ1v) is 6.32. The Morgan fingerprint density at radius 2 is 2.25 bits per heavy atom. The largest absolute Gasteiger partial charge is 0.489 e. The summed E-state index contributed by atoms with van der Waals surface area (Å²) in [7, 11) is 0. The van der Waals surface area contributed by atoms with Gasteiger partial charge in [0, 0.05) is 0 Å². The van der Waals surface area contributed by atoms with E-state index in [2.05, 4.69) is 21.5 Å². The number of aromatic nitrogens is 2. The molecule has 6 nitrogen and oxygen atoms in total. The van der Waals surface area contributed by atoms with Crippen LogP contribution < -0.4 is 10.1 Å². The monoisotopic (exact) mass is 272 g/mol. The van der Waals surface area contributed by atoms with Crippen LogP contribution in [0.4, 0.5) is 5.69 Å². The molecule has 1 aromatic carbocycles. The van der Waals surface area contributed by atoms with E-state index < -0.39 is 0 Å². The standard InChI is InChI=1S/C14H16N4O2/c1-9(2)19-13-5-4-11(7-15)6-12(13)16-8-14-17-10(3)18-20-14/h4-6,9,16H,8H2,1-3H3. The highest BCUT2D eigenvalue weighted by atomic mass is 16.5. The summed E-state index contributed by atoms with van der Waals surface area (Å²) in [6, 6.07) is 7.34. The summed E-state index contributed by atoms with van der Waals surface area (Å²) >= 11 is 0. The van der Waals surface area contributed by atoms with Gasteiger partial charge in [-0.2, -0.15) is 10.2 Å². The molecule has 0 saturated carbocycles. The lowest BCUT2D eigenvalue weighted by atomic mass is 10.2. The second-order valence-electron chi connectivity index (χ2n) is 4.58. The quantitative estimate of drug-likeness (QED) is 0.900. The highest BCUT2D eigenvalue weighted by molar-refractivity contribution is 5.60. The van der Waals surface area contributed by atoms with Gasteiger partial charge in [-0.05, 0) is 39.0 Å². The van der Waals surface area contributed by atoms with Crippen LogP contribution in [0.5, 0.6) is 5.75 Å². The number of nitrogens with zero attached hydrogens (tertiary/aromatic N) is 3. The van der Waals surface area contributed by atoms with Gasteiger partial charge < -0.3 is 14.6 Å². The van der Waals surface area contributed by atoms with Gasteiger partial charge in [0.2, 0.25) is 5.89 Å². The van der Waals surface area contributed by atoms with Gasteiger partial charge in [-0.3, -0.25) is 0 Å². The summed E-state index contributed by atoms with van der Waals surface area (Å²) in [5, 5.41) is 15.8. The van der Waals surface area contributed by atoms with Gasteiger partial charge in [0.15, 0.2) is 5.82 Å². The van der Waals surface area contributed by atoms with E-state index >= 15 is 0 Å². The predicted octanol–water partition coefficient (Wildman–Crippen LogP) is 2.65. The van der Waals surface area contributed by atoms with Crippen molar-refractivity contribution >= 4 is 5.69 Å². The van der Waals surface area contributed by atoms with Crippen molar-refractivity contribution in [2.75, 3.05) is 5.32 Å². The van der Waals surface area contributed by atoms with Crippen molar-refractivity contribution in [1.82, 2.24) is 10.1 Å². The smallest absolute Gasteiger partial charge is 0.245 e. The number of hydrogen-bond donors (Lipinski definition) is 1. The second kappa shape index (κ2) is 6.06. The maximum absolute atomic E-state index is 8.96. The molecule has 0 unspecified atom stereocenters. The van der Waals surface area contributed by atoms with Crippen LogP contribution in [0.3, 0.4) is 0 Å². The van der Waals surface area contributed by atoms with Crippen LogP contribution in [0, 0.1) is 18.3 Å². The lowest BCUT2D eigenvalue weighted by Crippen LogP contribution is -2.09. The van der Waals surface area contributed by atoms with E-state index in [1.807, 2.05) is 13.8 Å². The lowest BCUT2D eigenvalue weighted by Gasteiger charge is -2.15. The number of benzene rings is 1. The minimum absolute atomic E-state index is 0.0501. The summed E-state index contributed by atoms with van der Waals surface area (Å²) in [4.78, 5) is 4.11. The second-order valence-corrected chi connectivity index (χ2v) is 4.58. The Balaban J connectivity index is 2.17. The summed E-state index contributed by atoms with van der Waals surface area (Å²) in [6.07, 6.45) is 0.0501. The molecule has 0 atom stereocenters. The van der Waals surface area contributed by atoms with Crippen LogP contribution >= 0.6 is 0 Å². The average Bonchev–Trinajstić information content (AvgIpc) is 2.83. The van der Waals surface area contributed by atoms with Crippen molar-refractivity contribution in [3.05, 3.63) is 35.5 Å². The number of aryl methyl sites for hydroxylation is 1. The number of nitrogens with one attached hydrogen (secondary N) is 1. The predicted molar refractivity (Wildman–Crippen MR) is 73.3 cm³/mol. The molecule has 0 aliphatic carbocycles. The molecule has 2 rings (SSSR count). The molecule has 1 heterocycles. The van der Waals surface area contributed by atoms with Crippen molar-refractivity contribution < 1.29 is 9.26 Å². The van der Waals surface area contributed by atoms with Crippen LogP contribution in [-0.2, 0) is 6.54 Å². The van der Waals surface area contributed by atoms with E-state index in [1.165, 1.54) is 0 Å². The van der Waals surface area contributed by atoms with Gasteiger partial charge in [0.25, 0.3) is 0 Å². The molecular formula is C14H16N4O2. The molecule has 104 valence electrons. The molecule has 0 radical (unpaired) electrons. The summed E-state index contributed by atoms with van der Waals surface area (Å²) in [6.45, 7) is 6.04. The highest BCUT2D eigenvalue weighted by Crippen LogP contribution is 2.27. The van der Waals surface area contributed by atoms with Gasteiger partial charge in [-0.15, -0.1) is 0 Å². The molecule has 20 heavy (non-hydrogen) atoms. The number of ether oxygens (including phenoxy) is 1. The molecule has 2 aromatic rings. The van der Waals surface area contributed by atoms with Crippen molar-refractivity contribution in [1.29, 1.82) is 5.26 Å². The van der Waals surface area contributed by atoms with E-state index in [4.69, 9.17) is 14.5 Å². The third-order valence-electron chi connectivity index (χ3n) is 2.47. The Labute approximate surface area is 117 Å². The minimum atomic E-state index is 0.0501. The van der Waals surface area contributed by atoms with Crippen molar-refractivity contribution in [2.45, 2.75) is 33.4 Å². The maximum atomic E-state index is 8.96. The van der Waals surface area contributed by atoms with E-state index in [9.17, 15) is 0 Å². The first kappa shape index (κ1) is 13.9. The average molecular weight is 272 g/mol. The molecular weight excluding hydrogens is 256 g/mol. The molecule has 0 spiro atoms. The van der Waals surface area contributed by atoms with Crippen LogP contribution in [-0.4, -0.2) is 16.2 Å². The fourth-order valence-electron chi connectivity index (χ4n) is 1.68. The zero-order valence-corrected chi connectivity index (χ0v) is 11.7. The first-order chi connectivity index (χ1) is 9.58. The molecule has 0 aliphatic rings. The minimum Gasteiger partial charge on any atom is -0.489 e. The molecule has 0 fully saturated rings. The Morgan fingerprint density at radius 1 is 1.45 bits per heavy atom. The lowest BCUT2D eigenvalue weighted by molar-refractivity contribution is 0.243. The molecule has 0 bridgehead atoms. The van der Waals surface area contributed by atoms with Gasteiger partial charge in [0.05, 0.1) is 30.0 Å². The van der Waals surface area contributed by atoms with E-state index in [0.29, 0.717) is 29.6 Å². The van der Waals surface area contributed by atoms with Crippen LogP contribution in [0.1, 0.15) is 31.1 Å². The molecule has 1 aromatic heterocycles. The molecule has 6 heteroatoms. The number of rotatable bonds is 5. The summed E-state index contributed by atoms with van der Waals surface area (Å²) < 4.78 is 10.7. The zero-order chi connectivity index (χ0) is 14.5. The Kier molecular flexibility index (Phi) is 4.20. The molecule has 0 saturated heterocycles. The van der Waals surface area contributed by atoms with Gasteiger partial charge >= 0.3 is 0 Å². The number of hydrogen-bond acceptors (Lipinski definition) is 6. The first-order valence-electron chi connectivity index (χ1n) is 6.32. The van der Waals surface area contributed by atoms with E-state index in [1.54, 1.807) is 25.1 Å². The van der Waals surface area contributed by atoms with Crippen LogP contribution in [0.25, 0.3) is 0 Å².